The maximum absolute atomic E-state index is 9.72. The average molecular weight is 272 g/mol. The van der Waals surface area contributed by atoms with Gasteiger partial charge in [-0.05, 0) is 18.2 Å². The molecule has 0 heterocycles. The van der Waals surface area contributed by atoms with Crippen molar-refractivity contribution in [2.75, 3.05) is 39.8 Å². The first kappa shape index (κ1) is 15.3. The molecule has 4 nitrogen and oxygen atoms in total. The highest BCUT2D eigenvalue weighted by atomic mass is 32.2. The molecule has 0 fully saturated rings. The molecule has 0 spiro atoms. The van der Waals surface area contributed by atoms with Crippen LogP contribution in [-0.2, 0) is 9.47 Å². The first-order valence-corrected chi connectivity index (χ1v) is 6.76. The third-order valence-corrected chi connectivity index (χ3v) is 3.36. The van der Waals surface area contributed by atoms with Crippen molar-refractivity contribution < 1.29 is 19.3 Å². The number of hydrogen-bond donors (Lipinski definition) is 1. The van der Waals surface area contributed by atoms with Crippen LogP contribution < -0.4 is 4.74 Å². The summed E-state index contributed by atoms with van der Waals surface area (Å²) in [5.41, 5.74) is 0. The molecule has 1 aromatic rings. The van der Waals surface area contributed by atoms with E-state index >= 15 is 0 Å². The number of hydrogen-bond acceptors (Lipinski definition) is 5. The third kappa shape index (κ3) is 6.26. The molecule has 0 radical (unpaired) electrons. The van der Waals surface area contributed by atoms with Crippen LogP contribution in [0, 0.1) is 0 Å². The highest BCUT2D eigenvalue weighted by Gasteiger charge is 2.05. The zero-order valence-corrected chi connectivity index (χ0v) is 11.6. The molecule has 1 rings (SSSR count). The number of aliphatic hydroxyl groups is 1. The number of thioether (sulfide) groups is 1. The van der Waals surface area contributed by atoms with E-state index in [1.165, 1.54) is 0 Å². The summed E-state index contributed by atoms with van der Waals surface area (Å²) in [6.45, 7) is 1.40. The van der Waals surface area contributed by atoms with E-state index < -0.39 is 6.10 Å². The van der Waals surface area contributed by atoms with Gasteiger partial charge in [-0.15, -0.1) is 11.8 Å². The minimum Gasteiger partial charge on any atom is -0.497 e. The van der Waals surface area contributed by atoms with Crippen molar-refractivity contribution in [1.29, 1.82) is 0 Å². The molecule has 0 amide bonds. The molecule has 0 saturated heterocycles. The first-order chi connectivity index (χ1) is 8.76. The number of benzene rings is 1. The highest BCUT2D eigenvalue weighted by molar-refractivity contribution is 7.99. The van der Waals surface area contributed by atoms with Crippen LogP contribution in [0.2, 0.25) is 0 Å². The van der Waals surface area contributed by atoms with Crippen LogP contribution >= 0.6 is 11.8 Å². The van der Waals surface area contributed by atoms with Crippen LogP contribution in [0.25, 0.3) is 0 Å². The van der Waals surface area contributed by atoms with Gasteiger partial charge in [-0.1, -0.05) is 6.07 Å². The molecular weight excluding hydrogens is 252 g/mol. The fourth-order valence-electron chi connectivity index (χ4n) is 1.29. The summed E-state index contributed by atoms with van der Waals surface area (Å²) in [5.74, 6) is 1.42. The molecule has 5 heteroatoms. The van der Waals surface area contributed by atoms with E-state index in [1.54, 1.807) is 26.0 Å². The summed E-state index contributed by atoms with van der Waals surface area (Å²) >= 11 is 1.58. The van der Waals surface area contributed by atoms with Crippen molar-refractivity contribution in [1.82, 2.24) is 0 Å². The Kier molecular flexibility index (Phi) is 7.84. The van der Waals surface area contributed by atoms with Crippen LogP contribution in [0.3, 0.4) is 0 Å². The maximum atomic E-state index is 9.72. The fourth-order valence-corrected chi connectivity index (χ4v) is 2.15. The molecule has 1 aromatic carbocycles. The topological polar surface area (TPSA) is 47.9 Å². The molecule has 0 aliphatic carbocycles. The van der Waals surface area contributed by atoms with Crippen molar-refractivity contribution in [3.8, 4) is 5.75 Å². The van der Waals surface area contributed by atoms with E-state index in [0.29, 0.717) is 25.6 Å². The second-order valence-corrected chi connectivity index (χ2v) is 4.80. The van der Waals surface area contributed by atoms with E-state index in [1.807, 2.05) is 24.3 Å². The average Bonchev–Trinajstić information content (AvgIpc) is 2.41. The molecule has 0 saturated carbocycles. The van der Waals surface area contributed by atoms with Gasteiger partial charge in [0.25, 0.3) is 0 Å². The standard InChI is InChI=1S/C13H20O4S/c1-15-6-7-17-9-11(14)10-18-13-5-3-4-12(8-13)16-2/h3-5,8,11,14H,6-7,9-10H2,1-2H3. The number of methoxy groups -OCH3 is 2. The summed E-state index contributed by atoms with van der Waals surface area (Å²) in [6, 6.07) is 7.77. The van der Waals surface area contributed by atoms with E-state index in [4.69, 9.17) is 14.2 Å². The Morgan fingerprint density at radius 1 is 1.28 bits per heavy atom. The van der Waals surface area contributed by atoms with Gasteiger partial charge < -0.3 is 19.3 Å². The third-order valence-electron chi connectivity index (χ3n) is 2.23. The highest BCUT2D eigenvalue weighted by Crippen LogP contribution is 2.23. The van der Waals surface area contributed by atoms with Crippen molar-refractivity contribution >= 4 is 11.8 Å². The quantitative estimate of drug-likeness (QED) is 0.549. The number of aliphatic hydroxyl groups excluding tert-OH is 1. The van der Waals surface area contributed by atoms with Gasteiger partial charge in [-0.2, -0.15) is 0 Å². The normalized spacial score (nSPS) is 12.4. The van der Waals surface area contributed by atoms with Crippen LogP contribution in [0.15, 0.2) is 29.2 Å². The van der Waals surface area contributed by atoms with E-state index in [0.717, 1.165) is 10.6 Å². The van der Waals surface area contributed by atoms with Crippen molar-refractivity contribution in [2.45, 2.75) is 11.0 Å². The van der Waals surface area contributed by atoms with Gasteiger partial charge in [0, 0.05) is 17.8 Å². The summed E-state index contributed by atoms with van der Waals surface area (Å²) < 4.78 is 15.2. The van der Waals surface area contributed by atoms with E-state index in [2.05, 4.69) is 0 Å². The Hall–Kier alpha value is -0.750. The molecule has 0 aliphatic heterocycles. The first-order valence-electron chi connectivity index (χ1n) is 5.78. The van der Waals surface area contributed by atoms with Crippen molar-refractivity contribution in [3.63, 3.8) is 0 Å². The summed E-state index contributed by atoms with van der Waals surface area (Å²) in [6.07, 6.45) is -0.474. The summed E-state index contributed by atoms with van der Waals surface area (Å²) in [4.78, 5) is 1.07. The van der Waals surface area contributed by atoms with E-state index in [-0.39, 0.29) is 0 Å². The minimum atomic E-state index is -0.474. The Balaban J connectivity index is 2.22. The molecule has 102 valence electrons. The molecule has 1 N–H and O–H groups in total. The Bertz CT molecular complexity index is 333. The predicted octanol–water partition coefficient (Wildman–Crippen LogP) is 1.81. The van der Waals surface area contributed by atoms with Gasteiger partial charge in [0.05, 0.1) is 33.0 Å². The van der Waals surface area contributed by atoms with E-state index in [9.17, 15) is 5.11 Å². The Labute approximate surface area is 112 Å². The number of rotatable bonds is 9. The Morgan fingerprint density at radius 2 is 2.11 bits per heavy atom. The monoisotopic (exact) mass is 272 g/mol. The minimum absolute atomic E-state index is 0.334. The van der Waals surface area contributed by atoms with Gasteiger partial charge in [0.2, 0.25) is 0 Å². The summed E-state index contributed by atoms with van der Waals surface area (Å²) in [5, 5.41) is 9.72. The van der Waals surface area contributed by atoms with Gasteiger partial charge in [0.1, 0.15) is 5.75 Å². The SMILES string of the molecule is COCCOCC(O)CSc1cccc(OC)c1. The molecule has 0 aromatic heterocycles. The zero-order valence-electron chi connectivity index (χ0n) is 10.8. The fraction of sp³-hybridized carbons (Fsp3) is 0.538. The van der Waals surface area contributed by atoms with Crippen LogP contribution in [0.4, 0.5) is 0 Å². The van der Waals surface area contributed by atoms with Crippen LogP contribution in [-0.4, -0.2) is 51.0 Å². The van der Waals surface area contributed by atoms with Gasteiger partial charge in [-0.3, -0.25) is 0 Å². The molecular formula is C13H20O4S. The molecule has 18 heavy (non-hydrogen) atoms. The van der Waals surface area contributed by atoms with Gasteiger partial charge in [-0.25, -0.2) is 0 Å². The lowest BCUT2D eigenvalue weighted by Gasteiger charge is -2.11. The molecule has 1 atom stereocenters. The summed E-state index contributed by atoms with van der Waals surface area (Å²) in [7, 11) is 3.26. The number of ether oxygens (including phenoxy) is 3. The lowest BCUT2D eigenvalue weighted by atomic mass is 10.3. The van der Waals surface area contributed by atoms with Gasteiger partial charge in [0.15, 0.2) is 0 Å². The largest absolute Gasteiger partial charge is 0.497 e. The van der Waals surface area contributed by atoms with Crippen LogP contribution in [0.1, 0.15) is 0 Å². The predicted molar refractivity (Wildman–Crippen MR) is 72.4 cm³/mol. The van der Waals surface area contributed by atoms with Crippen molar-refractivity contribution in [2.24, 2.45) is 0 Å². The molecule has 0 aliphatic rings. The van der Waals surface area contributed by atoms with Crippen molar-refractivity contribution in [3.05, 3.63) is 24.3 Å². The second kappa shape index (κ2) is 9.22. The Morgan fingerprint density at radius 3 is 2.83 bits per heavy atom. The molecule has 1 unspecified atom stereocenters. The zero-order chi connectivity index (χ0) is 13.2. The lowest BCUT2D eigenvalue weighted by Crippen LogP contribution is -2.19. The van der Waals surface area contributed by atoms with Crippen LogP contribution in [0.5, 0.6) is 5.75 Å². The molecule has 0 bridgehead atoms. The second-order valence-electron chi connectivity index (χ2n) is 3.71. The lowest BCUT2D eigenvalue weighted by molar-refractivity contribution is 0.0218. The maximum Gasteiger partial charge on any atom is 0.119 e. The van der Waals surface area contributed by atoms with Gasteiger partial charge >= 0.3 is 0 Å². The smallest absolute Gasteiger partial charge is 0.119 e.